The van der Waals surface area contributed by atoms with Gasteiger partial charge in [0.05, 0.1) is 18.6 Å². The number of allylic oxidation sites excluding steroid dienone is 6. The molecule has 0 aromatic heterocycles. The molecule has 4 nitrogen and oxygen atoms in total. The Bertz CT molecular complexity index is 802. The molecule has 3 N–H and O–H groups in total. The summed E-state index contributed by atoms with van der Waals surface area (Å²) in [7, 11) is 0. The highest BCUT2D eigenvalue weighted by Crippen LogP contribution is 2.59. The molecule has 0 saturated heterocycles. The Kier molecular flexibility index (Phi) is 7.77. The average molecular weight is 427 g/mol. The molecule has 3 fully saturated rings. The zero-order valence-electron chi connectivity index (χ0n) is 19.0. The molecule has 4 heteroatoms. The number of carboxylic acids is 1. The highest BCUT2D eigenvalue weighted by Gasteiger charge is 2.50. The molecule has 0 amide bonds. The second-order valence-electron chi connectivity index (χ2n) is 9.93. The molecule has 0 radical (unpaired) electrons. The topological polar surface area (TPSA) is 77.8 Å². The Hall–Kier alpha value is -1.91. The number of carboxylic acid groups (broad SMARTS) is 1. The van der Waals surface area contributed by atoms with Gasteiger partial charge >= 0.3 is 5.97 Å². The molecule has 31 heavy (non-hydrogen) atoms. The summed E-state index contributed by atoms with van der Waals surface area (Å²) in [5.41, 5.74) is 3.51. The van der Waals surface area contributed by atoms with Crippen LogP contribution in [0.3, 0.4) is 0 Å². The van der Waals surface area contributed by atoms with Crippen LogP contribution in [0.5, 0.6) is 0 Å². The van der Waals surface area contributed by atoms with E-state index in [-0.39, 0.29) is 11.8 Å². The van der Waals surface area contributed by atoms with Crippen LogP contribution in [0.1, 0.15) is 65.2 Å². The number of aliphatic carboxylic acids is 1. The second kappa shape index (κ2) is 10.1. The molecule has 0 aliphatic heterocycles. The van der Waals surface area contributed by atoms with E-state index in [9.17, 15) is 15.0 Å². The molecule has 170 valence electrons. The van der Waals surface area contributed by atoms with Gasteiger partial charge in [0.25, 0.3) is 0 Å². The van der Waals surface area contributed by atoms with Crippen molar-refractivity contribution in [2.45, 2.75) is 77.4 Å². The number of aliphatic hydroxyl groups is 2. The number of rotatable bonds is 6. The molecule has 0 aromatic rings. The maximum Gasteiger partial charge on any atom is 0.307 e. The van der Waals surface area contributed by atoms with Crippen LogP contribution < -0.4 is 0 Å². The Morgan fingerprint density at radius 2 is 2.03 bits per heavy atom. The zero-order chi connectivity index (χ0) is 22.6. The van der Waals surface area contributed by atoms with E-state index in [2.05, 4.69) is 38.7 Å². The van der Waals surface area contributed by atoms with Gasteiger partial charge in [0.1, 0.15) is 0 Å². The summed E-state index contributed by atoms with van der Waals surface area (Å²) in [5, 5.41) is 28.9. The van der Waals surface area contributed by atoms with Crippen molar-refractivity contribution in [2.24, 2.45) is 23.2 Å². The Morgan fingerprint density at radius 1 is 1.26 bits per heavy atom. The van der Waals surface area contributed by atoms with Crippen molar-refractivity contribution in [2.75, 3.05) is 0 Å². The van der Waals surface area contributed by atoms with Crippen molar-refractivity contribution in [1.82, 2.24) is 0 Å². The number of carbonyl (C=O) groups is 1. The molecule has 3 aliphatic carbocycles. The normalized spacial score (nSPS) is 37.7. The summed E-state index contributed by atoms with van der Waals surface area (Å²) in [6.07, 6.45) is 18.0. The lowest BCUT2D eigenvalue weighted by molar-refractivity contribution is -0.136. The van der Waals surface area contributed by atoms with Gasteiger partial charge in [-0.1, -0.05) is 62.5 Å². The molecule has 0 aromatic carbocycles. The first kappa shape index (κ1) is 23.7. The molecule has 0 spiro atoms. The van der Waals surface area contributed by atoms with Gasteiger partial charge in [-0.15, -0.1) is 0 Å². The SMILES string of the molecule is C=C1C(=CC=C2CCC[C@]3(C)[C@@H]([C@H](C)C=CC=CCC(=O)O)CC[C@@H]23)C[C@H](O)C[C@H]1O. The van der Waals surface area contributed by atoms with Gasteiger partial charge in [0.2, 0.25) is 0 Å². The van der Waals surface area contributed by atoms with Crippen LogP contribution >= 0.6 is 0 Å². The van der Waals surface area contributed by atoms with E-state index in [1.54, 1.807) is 6.08 Å². The lowest BCUT2D eigenvalue weighted by atomic mass is 9.61. The molecule has 0 bridgehead atoms. The third-order valence-corrected chi connectivity index (χ3v) is 7.89. The molecule has 3 aliphatic rings. The molecule has 6 atom stereocenters. The fourth-order valence-electron chi connectivity index (χ4n) is 6.23. The van der Waals surface area contributed by atoms with Crippen LogP contribution in [0.15, 0.2) is 59.8 Å². The lowest BCUT2D eigenvalue weighted by Gasteiger charge is -2.44. The van der Waals surface area contributed by atoms with Crippen LogP contribution in [-0.2, 0) is 4.79 Å². The predicted molar refractivity (Wildman–Crippen MR) is 124 cm³/mol. The summed E-state index contributed by atoms with van der Waals surface area (Å²) in [6.45, 7) is 8.77. The van der Waals surface area contributed by atoms with Crippen LogP contribution in [0, 0.1) is 23.2 Å². The Balaban J connectivity index is 1.72. The molecule has 0 unspecified atom stereocenters. The maximum atomic E-state index is 10.6. The quantitative estimate of drug-likeness (QED) is 0.500. The van der Waals surface area contributed by atoms with Gasteiger partial charge in [-0.05, 0) is 72.8 Å². The minimum absolute atomic E-state index is 0.0616. The van der Waals surface area contributed by atoms with Crippen molar-refractivity contribution < 1.29 is 20.1 Å². The number of fused-ring (bicyclic) bond motifs is 1. The maximum absolute atomic E-state index is 10.6. The van der Waals surface area contributed by atoms with Crippen LogP contribution in [0.2, 0.25) is 0 Å². The van der Waals surface area contributed by atoms with Gasteiger partial charge < -0.3 is 15.3 Å². The third-order valence-electron chi connectivity index (χ3n) is 7.89. The molecule has 3 saturated carbocycles. The summed E-state index contributed by atoms with van der Waals surface area (Å²) < 4.78 is 0. The second-order valence-corrected chi connectivity index (χ2v) is 9.93. The van der Waals surface area contributed by atoms with Crippen molar-refractivity contribution >= 4 is 5.97 Å². The van der Waals surface area contributed by atoms with Gasteiger partial charge in [-0.2, -0.15) is 0 Å². The van der Waals surface area contributed by atoms with Crippen molar-refractivity contribution in [1.29, 1.82) is 0 Å². The van der Waals surface area contributed by atoms with E-state index >= 15 is 0 Å². The number of hydrogen-bond acceptors (Lipinski definition) is 3. The highest BCUT2D eigenvalue weighted by atomic mass is 16.4. The summed E-state index contributed by atoms with van der Waals surface area (Å²) in [6, 6.07) is 0. The Labute approximate surface area is 186 Å². The van der Waals surface area contributed by atoms with Crippen LogP contribution in [0.25, 0.3) is 0 Å². The first-order valence-electron chi connectivity index (χ1n) is 11.7. The van der Waals surface area contributed by atoms with Crippen molar-refractivity contribution in [3.05, 3.63) is 59.8 Å². The first-order chi connectivity index (χ1) is 14.7. The average Bonchev–Trinajstić information content (AvgIpc) is 3.06. The van der Waals surface area contributed by atoms with E-state index in [4.69, 9.17) is 5.11 Å². The molecule has 3 rings (SSSR count). The smallest absolute Gasteiger partial charge is 0.307 e. The summed E-state index contributed by atoms with van der Waals surface area (Å²) in [4.78, 5) is 10.6. The number of aliphatic hydroxyl groups excluding tert-OH is 2. The number of hydrogen-bond donors (Lipinski definition) is 3. The Morgan fingerprint density at radius 3 is 2.77 bits per heavy atom. The van der Waals surface area contributed by atoms with Crippen molar-refractivity contribution in [3.8, 4) is 0 Å². The van der Waals surface area contributed by atoms with E-state index in [0.29, 0.717) is 30.6 Å². The molecular weight excluding hydrogens is 388 g/mol. The standard InChI is InChI=1S/C27H38O4/c1-18(8-5-4-6-10-26(30)31)23-13-14-24-20(9-7-15-27(23,24)3)11-12-21-16-22(28)17-25(29)19(21)2/h4-6,8,11-12,18,22-25,28-29H,2,7,9-10,13-17H2,1,3H3,(H,30,31)/t18-,22+,23-,24+,25-,27-/m1/s1. The lowest BCUT2D eigenvalue weighted by Crippen LogP contribution is -2.35. The van der Waals surface area contributed by atoms with Crippen molar-refractivity contribution in [3.63, 3.8) is 0 Å². The fourth-order valence-corrected chi connectivity index (χ4v) is 6.23. The van der Waals surface area contributed by atoms with Gasteiger partial charge in [-0.25, -0.2) is 0 Å². The molecular formula is C27H38O4. The van der Waals surface area contributed by atoms with Gasteiger partial charge in [0, 0.05) is 6.42 Å². The van der Waals surface area contributed by atoms with Crippen LogP contribution in [0.4, 0.5) is 0 Å². The monoisotopic (exact) mass is 426 g/mol. The highest BCUT2D eigenvalue weighted by molar-refractivity contribution is 5.68. The summed E-state index contributed by atoms with van der Waals surface area (Å²) >= 11 is 0. The zero-order valence-corrected chi connectivity index (χ0v) is 19.0. The van der Waals surface area contributed by atoms with E-state index in [1.807, 2.05) is 12.2 Å². The minimum Gasteiger partial charge on any atom is -0.481 e. The van der Waals surface area contributed by atoms with Gasteiger partial charge in [0.15, 0.2) is 0 Å². The fraction of sp³-hybridized carbons (Fsp3) is 0.593. The summed E-state index contributed by atoms with van der Waals surface area (Å²) in [5.74, 6) is 0.839. The van der Waals surface area contributed by atoms with Crippen LogP contribution in [-0.4, -0.2) is 33.5 Å². The largest absolute Gasteiger partial charge is 0.481 e. The first-order valence-corrected chi connectivity index (χ1v) is 11.7. The van der Waals surface area contributed by atoms with E-state index < -0.39 is 18.2 Å². The van der Waals surface area contributed by atoms with Gasteiger partial charge in [-0.3, -0.25) is 4.79 Å². The third kappa shape index (κ3) is 5.48. The van der Waals surface area contributed by atoms with E-state index in [1.165, 1.54) is 31.3 Å². The molecule has 0 heterocycles. The van der Waals surface area contributed by atoms with E-state index in [0.717, 1.165) is 17.6 Å². The minimum atomic E-state index is -0.804. The predicted octanol–water partition coefficient (Wildman–Crippen LogP) is 5.35.